The second kappa shape index (κ2) is 2.02. The van der Waals surface area contributed by atoms with Crippen LogP contribution in [0, 0.1) is 5.53 Å². The highest BCUT2D eigenvalue weighted by molar-refractivity contribution is 4.64. The average Bonchev–Trinajstić information content (AvgIpc) is 1.30. The van der Waals surface area contributed by atoms with Crippen molar-refractivity contribution < 1.29 is 5.11 Å². The average molecular weight is 102 g/mol. The molecule has 0 rings (SSSR count). The zero-order chi connectivity index (χ0) is 5.91. The molecule has 0 aliphatic heterocycles. The lowest BCUT2D eigenvalue weighted by atomic mass is 10.1. The van der Waals surface area contributed by atoms with E-state index in [9.17, 15) is 0 Å². The molecule has 3 heteroatoms. The molecule has 42 valence electrons. The van der Waals surface area contributed by atoms with Gasteiger partial charge in [0.1, 0.15) is 0 Å². The molecule has 0 heterocycles. The third-order valence-corrected chi connectivity index (χ3v) is 0.466. The van der Waals surface area contributed by atoms with Gasteiger partial charge in [0.15, 0.2) is 0 Å². The number of hydrogen-bond donors (Lipinski definition) is 2. The Morgan fingerprint density at radius 2 is 2.14 bits per heavy atom. The molecular formula is C4H10N2O. The van der Waals surface area contributed by atoms with Crippen LogP contribution in [0.15, 0.2) is 5.11 Å². The van der Waals surface area contributed by atoms with Crippen LogP contribution >= 0.6 is 0 Å². The van der Waals surface area contributed by atoms with Crippen LogP contribution < -0.4 is 0 Å². The van der Waals surface area contributed by atoms with Crippen LogP contribution in [0.5, 0.6) is 0 Å². The molecule has 7 heavy (non-hydrogen) atoms. The predicted octanol–water partition coefficient (Wildman–Crippen LogP) is 0.788. The first-order valence-corrected chi connectivity index (χ1v) is 2.12. The zero-order valence-corrected chi connectivity index (χ0v) is 4.60. The van der Waals surface area contributed by atoms with Crippen LogP contribution in [0.2, 0.25) is 0 Å². The highest BCUT2D eigenvalue weighted by Gasteiger charge is 2.09. The van der Waals surface area contributed by atoms with Crippen molar-refractivity contribution in [2.24, 2.45) is 5.11 Å². The van der Waals surface area contributed by atoms with E-state index in [4.69, 9.17) is 10.6 Å². The summed E-state index contributed by atoms with van der Waals surface area (Å²) in [5, 5.41) is 11.8. The summed E-state index contributed by atoms with van der Waals surface area (Å²) in [5.41, 5.74) is 5.52. The van der Waals surface area contributed by atoms with Crippen molar-refractivity contribution in [1.29, 1.82) is 5.53 Å². The maximum atomic E-state index is 8.80. The molecule has 0 bridgehead atoms. The van der Waals surface area contributed by atoms with Crippen LogP contribution in [-0.4, -0.2) is 17.3 Å². The Kier molecular flexibility index (Phi) is 1.90. The SMILES string of the molecule is CC(C)(O)CN=N. The van der Waals surface area contributed by atoms with Crippen LogP contribution in [0.4, 0.5) is 0 Å². The molecule has 0 amide bonds. The van der Waals surface area contributed by atoms with E-state index < -0.39 is 5.60 Å². The lowest BCUT2D eigenvalue weighted by Gasteiger charge is -2.10. The van der Waals surface area contributed by atoms with E-state index >= 15 is 0 Å². The minimum absolute atomic E-state index is 0.188. The van der Waals surface area contributed by atoms with Crippen LogP contribution in [0.1, 0.15) is 13.8 Å². The van der Waals surface area contributed by atoms with Gasteiger partial charge in [-0.1, -0.05) is 0 Å². The summed E-state index contributed by atoms with van der Waals surface area (Å²) in [5.74, 6) is 0. The van der Waals surface area contributed by atoms with E-state index in [1.807, 2.05) is 0 Å². The van der Waals surface area contributed by atoms with E-state index in [-0.39, 0.29) is 6.54 Å². The Bertz CT molecular complexity index is 64.6. The van der Waals surface area contributed by atoms with E-state index in [2.05, 4.69) is 5.11 Å². The minimum atomic E-state index is -0.804. The Labute approximate surface area is 42.9 Å². The second-order valence-electron chi connectivity index (χ2n) is 2.13. The smallest absolute Gasteiger partial charge is 0.0878 e. The van der Waals surface area contributed by atoms with Gasteiger partial charge in [-0.15, -0.1) is 0 Å². The van der Waals surface area contributed by atoms with Crippen LogP contribution in [0.3, 0.4) is 0 Å². The fraction of sp³-hybridized carbons (Fsp3) is 1.00. The topological polar surface area (TPSA) is 56.4 Å². The largest absolute Gasteiger partial charge is 0.388 e. The lowest BCUT2D eigenvalue weighted by Crippen LogP contribution is -2.21. The Hall–Kier alpha value is -0.440. The van der Waals surface area contributed by atoms with Gasteiger partial charge in [-0.05, 0) is 13.8 Å². The third kappa shape index (κ3) is 5.56. The van der Waals surface area contributed by atoms with Crippen molar-refractivity contribution in [3.63, 3.8) is 0 Å². The zero-order valence-electron chi connectivity index (χ0n) is 4.60. The molecule has 0 aliphatic rings. The normalized spacial score (nSPS) is 11.3. The van der Waals surface area contributed by atoms with E-state index in [0.29, 0.717) is 0 Å². The third-order valence-electron chi connectivity index (χ3n) is 0.466. The van der Waals surface area contributed by atoms with E-state index in [0.717, 1.165) is 0 Å². The molecule has 3 nitrogen and oxygen atoms in total. The standard InChI is InChI=1S/C4H10N2O/c1-4(2,7)3-6-5/h5,7H,3H2,1-2H3. The summed E-state index contributed by atoms with van der Waals surface area (Å²) in [4.78, 5) is 0. The number of nitrogens with zero attached hydrogens (tertiary/aromatic N) is 1. The van der Waals surface area contributed by atoms with Crippen molar-refractivity contribution in [2.45, 2.75) is 19.4 Å². The first-order chi connectivity index (χ1) is 3.06. The van der Waals surface area contributed by atoms with E-state index in [1.54, 1.807) is 13.8 Å². The molecule has 0 aliphatic carbocycles. The molecule has 0 aromatic carbocycles. The van der Waals surface area contributed by atoms with Gasteiger partial charge in [-0.3, -0.25) is 0 Å². The molecular weight excluding hydrogens is 92.1 g/mol. The highest BCUT2D eigenvalue weighted by Crippen LogP contribution is 1.98. The van der Waals surface area contributed by atoms with Crippen molar-refractivity contribution in [3.8, 4) is 0 Å². The van der Waals surface area contributed by atoms with Gasteiger partial charge in [0.2, 0.25) is 0 Å². The van der Waals surface area contributed by atoms with Gasteiger partial charge < -0.3 is 5.11 Å². The summed E-state index contributed by atoms with van der Waals surface area (Å²) in [6.45, 7) is 3.42. The van der Waals surface area contributed by atoms with Crippen LogP contribution in [-0.2, 0) is 0 Å². The maximum Gasteiger partial charge on any atom is 0.0878 e. The van der Waals surface area contributed by atoms with Gasteiger partial charge in [0.25, 0.3) is 0 Å². The minimum Gasteiger partial charge on any atom is -0.388 e. The van der Waals surface area contributed by atoms with E-state index in [1.165, 1.54) is 0 Å². The molecule has 0 spiro atoms. The molecule has 0 aromatic heterocycles. The molecule has 0 saturated carbocycles. The summed E-state index contributed by atoms with van der Waals surface area (Å²) in [6, 6.07) is 0. The first kappa shape index (κ1) is 6.56. The number of rotatable bonds is 2. The molecule has 0 atom stereocenters. The highest BCUT2D eigenvalue weighted by atomic mass is 16.3. The summed E-state index contributed by atoms with van der Waals surface area (Å²) in [6.07, 6.45) is 0. The van der Waals surface area contributed by atoms with Gasteiger partial charge >= 0.3 is 0 Å². The maximum absolute atomic E-state index is 8.80. The molecule has 2 N–H and O–H groups in total. The fourth-order valence-corrected chi connectivity index (χ4v) is 0.193. The summed E-state index contributed by atoms with van der Waals surface area (Å²) < 4.78 is 0. The molecule has 0 aromatic rings. The van der Waals surface area contributed by atoms with Gasteiger partial charge in [0.05, 0.1) is 12.1 Å². The van der Waals surface area contributed by atoms with Crippen molar-refractivity contribution in [2.75, 3.05) is 6.54 Å². The molecule has 0 radical (unpaired) electrons. The number of aliphatic hydroxyl groups is 1. The molecule has 0 saturated heterocycles. The predicted molar refractivity (Wildman–Crippen MR) is 26.3 cm³/mol. The van der Waals surface area contributed by atoms with Crippen molar-refractivity contribution in [1.82, 2.24) is 0 Å². The van der Waals surface area contributed by atoms with Crippen molar-refractivity contribution >= 4 is 0 Å². The summed E-state index contributed by atoms with van der Waals surface area (Å²) >= 11 is 0. The second-order valence-corrected chi connectivity index (χ2v) is 2.13. The monoisotopic (exact) mass is 102 g/mol. The summed E-state index contributed by atoms with van der Waals surface area (Å²) in [7, 11) is 0. The Morgan fingerprint density at radius 3 is 2.14 bits per heavy atom. The first-order valence-electron chi connectivity index (χ1n) is 2.12. The van der Waals surface area contributed by atoms with Gasteiger partial charge in [-0.25, -0.2) is 5.53 Å². The molecule has 0 unspecified atom stereocenters. The molecule has 0 fully saturated rings. The lowest BCUT2D eigenvalue weighted by molar-refractivity contribution is 0.0881. The fourth-order valence-electron chi connectivity index (χ4n) is 0.193. The Balaban J connectivity index is 3.34. The van der Waals surface area contributed by atoms with Crippen molar-refractivity contribution in [3.05, 3.63) is 0 Å². The Morgan fingerprint density at radius 1 is 1.71 bits per heavy atom. The van der Waals surface area contributed by atoms with Gasteiger partial charge in [0, 0.05) is 0 Å². The van der Waals surface area contributed by atoms with Crippen LogP contribution in [0.25, 0.3) is 0 Å². The van der Waals surface area contributed by atoms with Gasteiger partial charge in [-0.2, -0.15) is 5.11 Å². The quantitative estimate of drug-likeness (QED) is 0.497. The number of hydrogen-bond acceptors (Lipinski definition) is 3. The number of nitrogens with one attached hydrogen (secondary N) is 1.